The van der Waals surface area contributed by atoms with Crippen molar-refractivity contribution in [2.45, 2.75) is 34.6 Å². The third kappa shape index (κ3) is 4.49. The van der Waals surface area contributed by atoms with Crippen molar-refractivity contribution < 1.29 is 4.79 Å². The highest BCUT2D eigenvalue weighted by molar-refractivity contribution is 5.74. The number of hydrogen-bond donors (Lipinski definition) is 1. The number of carbonyl (C=O) groups excluding carboxylic acids is 1. The van der Waals surface area contributed by atoms with Gasteiger partial charge in [0.25, 0.3) is 0 Å². The number of nitrogens with zero attached hydrogens (tertiary/aromatic N) is 1. The molecule has 0 spiro atoms. The molecule has 1 unspecified atom stereocenters. The summed E-state index contributed by atoms with van der Waals surface area (Å²) in [7, 11) is 0. The minimum absolute atomic E-state index is 0.0579. The first kappa shape index (κ1) is 13.3. The molecule has 3 heteroatoms. The van der Waals surface area contributed by atoms with E-state index in [4.69, 9.17) is 0 Å². The highest BCUT2D eigenvalue weighted by atomic mass is 16.2. The predicted molar refractivity (Wildman–Crippen MR) is 60.3 cm³/mol. The first-order chi connectivity index (χ1) is 6.52. The molecule has 0 saturated heterocycles. The van der Waals surface area contributed by atoms with Crippen molar-refractivity contribution in [3.63, 3.8) is 0 Å². The average Bonchev–Trinajstić information content (AvgIpc) is 2.15. The van der Waals surface area contributed by atoms with E-state index in [1.807, 2.05) is 13.8 Å². The summed E-state index contributed by atoms with van der Waals surface area (Å²) in [6.07, 6.45) is 0. The van der Waals surface area contributed by atoms with Gasteiger partial charge in [-0.2, -0.15) is 0 Å². The highest BCUT2D eigenvalue weighted by Crippen LogP contribution is 2.07. The molecule has 3 nitrogen and oxygen atoms in total. The Morgan fingerprint density at radius 1 is 1.21 bits per heavy atom. The van der Waals surface area contributed by atoms with Crippen LogP contribution in [0, 0.1) is 11.8 Å². The van der Waals surface area contributed by atoms with Crippen molar-refractivity contribution in [2.75, 3.05) is 19.6 Å². The topological polar surface area (TPSA) is 32.3 Å². The first-order valence-corrected chi connectivity index (χ1v) is 5.55. The second-order valence-electron chi connectivity index (χ2n) is 4.08. The van der Waals surface area contributed by atoms with Gasteiger partial charge in [-0.1, -0.05) is 20.8 Å². The molecule has 0 heterocycles. The van der Waals surface area contributed by atoms with E-state index in [-0.39, 0.29) is 6.03 Å². The normalized spacial score (nSPS) is 12.7. The maximum atomic E-state index is 11.5. The molecule has 0 fully saturated rings. The second kappa shape index (κ2) is 6.68. The molecule has 0 aliphatic heterocycles. The molecule has 0 radical (unpaired) electrons. The van der Waals surface area contributed by atoms with Crippen molar-refractivity contribution in [3.05, 3.63) is 0 Å². The molecule has 0 rings (SSSR count). The molecule has 0 aromatic carbocycles. The summed E-state index contributed by atoms with van der Waals surface area (Å²) in [5.74, 6) is 1.15. The van der Waals surface area contributed by atoms with Crippen molar-refractivity contribution in [1.29, 1.82) is 0 Å². The van der Waals surface area contributed by atoms with Gasteiger partial charge in [0.1, 0.15) is 0 Å². The Balaban J connectivity index is 3.83. The van der Waals surface area contributed by atoms with Crippen molar-refractivity contribution in [1.82, 2.24) is 10.2 Å². The van der Waals surface area contributed by atoms with E-state index in [2.05, 4.69) is 26.1 Å². The lowest BCUT2D eigenvalue weighted by atomic mass is 9.98. The molecule has 0 aliphatic carbocycles. The SMILES string of the molecule is CCN(CC)C(=O)NCC(C)C(C)C. The van der Waals surface area contributed by atoms with Gasteiger partial charge in [-0.3, -0.25) is 0 Å². The molecule has 0 saturated carbocycles. The van der Waals surface area contributed by atoms with E-state index in [0.29, 0.717) is 11.8 Å². The van der Waals surface area contributed by atoms with Crippen LogP contribution in [-0.2, 0) is 0 Å². The zero-order valence-electron chi connectivity index (χ0n) is 10.1. The number of carbonyl (C=O) groups is 1. The molecule has 1 atom stereocenters. The summed E-state index contributed by atoms with van der Waals surface area (Å²) in [4.78, 5) is 13.3. The summed E-state index contributed by atoms with van der Waals surface area (Å²) in [6, 6.07) is 0.0579. The molecular weight excluding hydrogens is 176 g/mol. The monoisotopic (exact) mass is 200 g/mol. The Morgan fingerprint density at radius 3 is 2.07 bits per heavy atom. The van der Waals surface area contributed by atoms with E-state index in [1.165, 1.54) is 0 Å². The van der Waals surface area contributed by atoms with Crippen LogP contribution in [-0.4, -0.2) is 30.6 Å². The van der Waals surface area contributed by atoms with Gasteiger partial charge in [-0.25, -0.2) is 4.79 Å². The Morgan fingerprint density at radius 2 is 1.71 bits per heavy atom. The Labute approximate surface area is 87.9 Å². The third-order valence-corrected chi connectivity index (χ3v) is 2.76. The standard InChI is InChI=1S/C11H24N2O/c1-6-13(7-2)11(14)12-8-10(5)9(3)4/h9-10H,6-8H2,1-5H3,(H,12,14). The highest BCUT2D eigenvalue weighted by Gasteiger charge is 2.11. The molecule has 0 aliphatic rings. The van der Waals surface area contributed by atoms with Gasteiger partial charge in [0.15, 0.2) is 0 Å². The van der Waals surface area contributed by atoms with Gasteiger partial charge in [0.2, 0.25) is 0 Å². The van der Waals surface area contributed by atoms with Crippen LogP contribution in [0.5, 0.6) is 0 Å². The van der Waals surface area contributed by atoms with E-state index < -0.39 is 0 Å². The van der Waals surface area contributed by atoms with Crippen LogP contribution < -0.4 is 5.32 Å². The average molecular weight is 200 g/mol. The van der Waals surface area contributed by atoms with Gasteiger partial charge in [0.05, 0.1) is 0 Å². The summed E-state index contributed by atoms with van der Waals surface area (Å²) in [6.45, 7) is 12.8. The fourth-order valence-corrected chi connectivity index (χ4v) is 1.11. The molecule has 0 aromatic rings. The molecule has 0 aromatic heterocycles. The molecule has 84 valence electrons. The summed E-state index contributed by atoms with van der Waals surface area (Å²) in [5.41, 5.74) is 0. The van der Waals surface area contributed by atoms with Crippen molar-refractivity contribution in [2.24, 2.45) is 11.8 Å². The lowest BCUT2D eigenvalue weighted by Gasteiger charge is -2.22. The van der Waals surface area contributed by atoms with Crippen LogP contribution in [0.1, 0.15) is 34.6 Å². The van der Waals surface area contributed by atoms with Gasteiger partial charge >= 0.3 is 6.03 Å². The fourth-order valence-electron chi connectivity index (χ4n) is 1.11. The van der Waals surface area contributed by atoms with E-state index in [9.17, 15) is 4.79 Å². The first-order valence-electron chi connectivity index (χ1n) is 5.55. The van der Waals surface area contributed by atoms with Gasteiger partial charge in [0, 0.05) is 19.6 Å². The molecular formula is C11H24N2O. The smallest absolute Gasteiger partial charge is 0.317 e. The molecule has 0 bridgehead atoms. The number of rotatable bonds is 5. The van der Waals surface area contributed by atoms with Crippen LogP contribution >= 0.6 is 0 Å². The summed E-state index contributed by atoms with van der Waals surface area (Å²) < 4.78 is 0. The molecule has 2 amide bonds. The van der Waals surface area contributed by atoms with Crippen LogP contribution in [0.25, 0.3) is 0 Å². The van der Waals surface area contributed by atoms with E-state index >= 15 is 0 Å². The maximum Gasteiger partial charge on any atom is 0.317 e. The minimum atomic E-state index is 0.0579. The summed E-state index contributed by atoms with van der Waals surface area (Å²) >= 11 is 0. The zero-order valence-corrected chi connectivity index (χ0v) is 10.1. The molecule has 1 N–H and O–H groups in total. The van der Waals surface area contributed by atoms with E-state index in [1.54, 1.807) is 4.90 Å². The van der Waals surface area contributed by atoms with Crippen molar-refractivity contribution >= 4 is 6.03 Å². The lowest BCUT2D eigenvalue weighted by Crippen LogP contribution is -2.41. The second-order valence-corrected chi connectivity index (χ2v) is 4.08. The lowest BCUT2D eigenvalue weighted by molar-refractivity contribution is 0.200. The van der Waals surface area contributed by atoms with Gasteiger partial charge in [-0.05, 0) is 25.7 Å². The molecule has 14 heavy (non-hydrogen) atoms. The third-order valence-electron chi connectivity index (χ3n) is 2.76. The van der Waals surface area contributed by atoms with Crippen LogP contribution in [0.2, 0.25) is 0 Å². The fraction of sp³-hybridized carbons (Fsp3) is 0.909. The van der Waals surface area contributed by atoms with Crippen LogP contribution in [0.4, 0.5) is 4.79 Å². The maximum absolute atomic E-state index is 11.5. The minimum Gasteiger partial charge on any atom is -0.338 e. The van der Waals surface area contributed by atoms with E-state index in [0.717, 1.165) is 19.6 Å². The zero-order chi connectivity index (χ0) is 11.1. The Hall–Kier alpha value is -0.730. The quantitative estimate of drug-likeness (QED) is 0.726. The number of amides is 2. The Kier molecular flexibility index (Phi) is 6.34. The number of nitrogens with one attached hydrogen (secondary N) is 1. The van der Waals surface area contributed by atoms with Crippen LogP contribution in [0.15, 0.2) is 0 Å². The summed E-state index contributed by atoms with van der Waals surface area (Å²) in [5, 5.41) is 2.95. The predicted octanol–water partition coefficient (Wildman–Crippen LogP) is 2.33. The Bertz CT molecular complexity index is 165. The van der Waals surface area contributed by atoms with Gasteiger partial charge in [-0.15, -0.1) is 0 Å². The number of urea groups is 1. The van der Waals surface area contributed by atoms with Crippen molar-refractivity contribution in [3.8, 4) is 0 Å². The largest absolute Gasteiger partial charge is 0.338 e. The number of hydrogen-bond acceptors (Lipinski definition) is 1. The van der Waals surface area contributed by atoms with Gasteiger partial charge < -0.3 is 10.2 Å². The van der Waals surface area contributed by atoms with Crippen LogP contribution in [0.3, 0.4) is 0 Å².